The second-order valence-electron chi connectivity index (χ2n) is 3.52. The molecule has 0 bridgehead atoms. The molecule has 2 aromatic rings. The van der Waals surface area contributed by atoms with Crippen molar-refractivity contribution in [3.63, 3.8) is 0 Å². The van der Waals surface area contributed by atoms with Crippen molar-refractivity contribution in [2.75, 3.05) is 7.05 Å². The van der Waals surface area contributed by atoms with Gasteiger partial charge in [-0.15, -0.1) is 11.3 Å². The molecule has 17 heavy (non-hydrogen) atoms. The van der Waals surface area contributed by atoms with Gasteiger partial charge in [0.05, 0.1) is 14.7 Å². The van der Waals surface area contributed by atoms with Crippen LogP contribution in [-0.2, 0) is 0 Å². The Morgan fingerprint density at radius 3 is 2.35 bits per heavy atom. The summed E-state index contributed by atoms with van der Waals surface area (Å²) in [5.41, 5.74) is 1.95. The van der Waals surface area contributed by atoms with Crippen molar-refractivity contribution in [1.29, 1.82) is 0 Å². The number of thiophene rings is 1. The first-order chi connectivity index (χ1) is 8.13. The molecule has 0 spiro atoms. The van der Waals surface area contributed by atoms with Crippen LogP contribution in [0.25, 0.3) is 0 Å². The van der Waals surface area contributed by atoms with Gasteiger partial charge in [0.1, 0.15) is 0 Å². The van der Waals surface area contributed by atoms with E-state index in [1.54, 1.807) is 0 Å². The summed E-state index contributed by atoms with van der Waals surface area (Å²) in [5, 5.41) is 3.92. The fourth-order valence-electron chi connectivity index (χ4n) is 1.74. The van der Waals surface area contributed by atoms with Crippen LogP contribution in [0.4, 0.5) is 0 Å². The zero-order valence-corrected chi connectivity index (χ0v) is 12.1. The third kappa shape index (κ3) is 2.78. The summed E-state index contributed by atoms with van der Waals surface area (Å²) >= 11 is 19.7. The van der Waals surface area contributed by atoms with Crippen molar-refractivity contribution in [2.24, 2.45) is 0 Å². The van der Waals surface area contributed by atoms with E-state index in [-0.39, 0.29) is 6.04 Å². The molecule has 5 heteroatoms. The van der Waals surface area contributed by atoms with E-state index >= 15 is 0 Å². The number of nitrogens with one attached hydrogen (secondary N) is 1. The fourth-order valence-corrected chi connectivity index (χ4v) is 3.51. The SMILES string of the molecule is CNC(c1ccccc1Cl)c1cc(Cl)sc1Cl. The molecule has 0 radical (unpaired) electrons. The van der Waals surface area contributed by atoms with Gasteiger partial charge in [0.15, 0.2) is 0 Å². The lowest BCUT2D eigenvalue weighted by Gasteiger charge is -2.17. The zero-order valence-electron chi connectivity index (χ0n) is 9.01. The Bertz CT molecular complexity index is 524. The minimum Gasteiger partial charge on any atom is -0.309 e. The third-order valence-electron chi connectivity index (χ3n) is 2.50. The van der Waals surface area contributed by atoms with E-state index in [1.165, 1.54) is 11.3 Å². The minimum atomic E-state index is -0.0417. The molecule has 0 saturated heterocycles. The molecule has 0 fully saturated rings. The molecule has 90 valence electrons. The van der Waals surface area contributed by atoms with Crippen molar-refractivity contribution in [1.82, 2.24) is 5.32 Å². The molecule has 0 aliphatic heterocycles. The van der Waals surface area contributed by atoms with Gasteiger partial charge < -0.3 is 5.32 Å². The summed E-state index contributed by atoms with van der Waals surface area (Å²) in [5.74, 6) is 0. The van der Waals surface area contributed by atoms with Crippen LogP contribution in [0.15, 0.2) is 30.3 Å². The highest BCUT2D eigenvalue weighted by molar-refractivity contribution is 7.20. The van der Waals surface area contributed by atoms with Gasteiger partial charge in [-0.05, 0) is 24.7 Å². The number of benzene rings is 1. The van der Waals surface area contributed by atoms with Gasteiger partial charge in [-0.25, -0.2) is 0 Å². The van der Waals surface area contributed by atoms with E-state index < -0.39 is 0 Å². The standard InChI is InChI=1S/C12H10Cl3NS/c1-16-11(7-4-2-3-5-9(7)13)8-6-10(14)17-12(8)15/h2-6,11,16H,1H3. The normalized spacial score (nSPS) is 12.7. The third-order valence-corrected chi connectivity index (χ3v) is 4.36. The first-order valence-electron chi connectivity index (χ1n) is 5.00. The number of hydrogen-bond donors (Lipinski definition) is 1. The maximum absolute atomic E-state index is 6.19. The second-order valence-corrected chi connectivity index (χ2v) is 6.22. The molecule has 0 amide bonds. The lowest BCUT2D eigenvalue weighted by Crippen LogP contribution is -2.17. The Morgan fingerprint density at radius 2 is 1.82 bits per heavy atom. The first-order valence-corrected chi connectivity index (χ1v) is 6.95. The van der Waals surface area contributed by atoms with Gasteiger partial charge in [-0.3, -0.25) is 0 Å². The Kier molecular flexibility index (Phi) is 4.34. The van der Waals surface area contributed by atoms with Crippen LogP contribution in [0, 0.1) is 0 Å². The van der Waals surface area contributed by atoms with Crippen LogP contribution in [0.2, 0.25) is 13.7 Å². The summed E-state index contributed by atoms with van der Waals surface area (Å²) in [6, 6.07) is 9.53. The molecule has 0 aliphatic carbocycles. The van der Waals surface area contributed by atoms with Crippen LogP contribution in [-0.4, -0.2) is 7.05 Å². The van der Waals surface area contributed by atoms with Gasteiger partial charge >= 0.3 is 0 Å². The van der Waals surface area contributed by atoms with Crippen LogP contribution in [0.1, 0.15) is 17.2 Å². The molecule has 1 heterocycles. The lowest BCUT2D eigenvalue weighted by molar-refractivity contribution is 0.695. The van der Waals surface area contributed by atoms with Gasteiger partial charge in [-0.2, -0.15) is 0 Å². The predicted molar refractivity (Wildman–Crippen MR) is 76.7 cm³/mol. The molecular formula is C12H10Cl3NS. The molecule has 1 unspecified atom stereocenters. The highest BCUT2D eigenvalue weighted by Gasteiger charge is 2.19. The van der Waals surface area contributed by atoms with Crippen molar-refractivity contribution < 1.29 is 0 Å². The highest BCUT2D eigenvalue weighted by atomic mass is 35.5. The molecule has 1 aromatic carbocycles. The second kappa shape index (κ2) is 5.59. The van der Waals surface area contributed by atoms with Crippen molar-refractivity contribution in [3.8, 4) is 0 Å². The lowest BCUT2D eigenvalue weighted by atomic mass is 10.0. The molecular weight excluding hydrogens is 297 g/mol. The van der Waals surface area contributed by atoms with E-state index in [9.17, 15) is 0 Å². The molecule has 1 atom stereocenters. The van der Waals surface area contributed by atoms with Crippen molar-refractivity contribution >= 4 is 46.1 Å². The first kappa shape index (κ1) is 13.2. The molecule has 1 N–H and O–H groups in total. The minimum absolute atomic E-state index is 0.0417. The summed E-state index contributed by atoms with van der Waals surface area (Å²) in [6.45, 7) is 0. The van der Waals surface area contributed by atoms with Crippen molar-refractivity contribution in [3.05, 3.63) is 55.2 Å². The van der Waals surface area contributed by atoms with Gasteiger partial charge in [0.2, 0.25) is 0 Å². The quantitative estimate of drug-likeness (QED) is 0.840. The molecule has 0 aliphatic rings. The average molecular weight is 307 g/mol. The molecule has 2 rings (SSSR count). The maximum atomic E-state index is 6.19. The monoisotopic (exact) mass is 305 g/mol. The Hall–Kier alpha value is -0.250. The largest absolute Gasteiger partial charge is 0.309 e. The number of halogens is 3. The average Bonchev–Trinajstić information content (AvgIpc) is 2.62. The van der Waals surface area contributed by atoms with Crippen LogP contribution >= 0.6 is 46.1 Å². The van der Waals surface area contributed by atoms with E-state index in [0.717, 1.165) is 11.1 Å². The summed E-state index contributed by atoms with van der Waals surface area (Å²) in [4.78, 5) is 0. The predicted octanol–water partition coefficient (Wildman–Crippen LogP) is 5.02. The van der Waals surface area contributed by atoms with Gasteiger partial charge in [-0.1, -0.05) is 53.0 Å². The zero-order chi connectivity index (χ0) is 12.4. The smallest absolute Gasteiger partial charge is 0.0995 e. The molecule has 1 nitrogen and oxygen atoms in total. The molecule has 0 saturated carbocycles. The Balaban J connectivity index is 2.47. The number of hydrogen-bond acceptors (Lipinski definition) is 2. The summed E-state index contributed by atoms with van der Waals surface area (Å²) < 4.78 is 1.37. The topological polar surface area (TPSA) is 12.0 Å². The Labute approximate surface area is 119 Å². The van der Waals surface area contributed by atoms with E-state index in [1.807, 2.05) is 37.4 Å². The van der Waals surface area contributed by atoms with E-state index in [4.69, 9.17) is 34.8 Å². The highest BCUT2D eigenvalue weighted by Crippen LogP contribution is 2.38. The summed E-state index contributed by atoms with van der Waals surface area (Å²) in [6.07, 6.45) is 0. The van der Waals surface area contributed by atoms with Crippen LogP contribution in [0.5, 0.6) is 0 Å². The van der Waals surface area contributed by atoms with Gasteiger partial charge in [0.25, 0.3) is 0 Å². The van der Waals surface area contributed by atoms with Crippen molar-refractivity contribution in [2.45, 2.75) is 6.04 Å². The maximum Gasteiger partial charge on any atom is 0.0995 e. The van der Waals surface area contributed by atoms with E-state index in [0.29, 0.717) is 13.7 Å². The summed E-state index contributed by atoms with van der Waals surface area (Å²) in [7, 11) is 1.87. The molecule has 1 aromatic heterocycles. The van der Waals surface area contributed by atoms with Crippen LogP contribution in [0.3, 0.4) is 0 Å². The fraction of sp³-hybridized carbons (Fsp3) is 0.167. The Morgan fingerprint density at radius 1 is 1.12 bits per heavy atom. The number of rotatable bonds is 3. The van der Waals surface area contributed by atoms with Crippen LogP contribution < -0.4 is 5.32 Å². The van der Waals surface area contributed by atoms with Gasteiger partial charge in [0, 0.05) is 10.6 Å². The van der Waals surface area contributed by atoms with E-state index in [2.05, 4.69) is 5.32 Å².